The number of nitrogens with one attached hydrogen (secondary N) is 1. The molecule has 0 bridgehead atoms. The van der Waals surface area contributed by atoms with Gasteiger partial charge in [0, 0.05) is 12.1 Å². The molecule has 0 aliphatic heterocycles. The molecule has 3 N–H and O–H groups in total. The van der Waals surface area contributed by atoms with Crippen LogP contribution in [-0.4, -0.2) is 29.2 Å². The second-order valence-corrected chi connectivity index (χ2v) is 4.62. The highest BCUT2D eigenvalue weighted by Gasteiger charge is 2.14. The number of rotatable bonds is 6. The van der Waals surface area contributed by atoms with E-state index in [0.29, 0.717) is 30.8 Å². The van der Waals surface area contributed by atoms with Gasteiger partial charge in [0.05, 0.1) is 12.5 Å². The van der Waals surface area contributed by atoms with Crippen LogP contribution < -0.4 is 11.1 Å². The van der Waals surface area contributed by atoms with Crippen molar-refractivity contribution in [2.45, 2.75) is 12.8 Å². The fourth-order valence-electron chi connectivity index (χ4n) is 1.69. The number of guanidine groups is 1. The Morgan fingerprint density at radius 2 is 2.24 bits per heavy atom. The molecule has 0 aliphatic carbocycles. The Labute approximate surface area is 123 Å². The van der Waals surface area contributed by atoms with Crippen LogP contribution >= 0.6 is 0 Å². The first-order valence-corrected chi connectivity index (χ1v) is 6.74. The molecule has 6 heteroatoms. The van der Waals surface area contributed by atoms with Crippen molar-refractivity contribution in [3.8, 4) is 11.4 Å². The average Bonchev–Trinajstić information content (AvgIpc) is 3.01. The van der Waals surface area contributed by atoms with Crippen LogP contribution in [0.4, 0.5) is 0 Å². The molecule has 0 saturated carbocycles. The van der Waals surface area contributed by atoms with Gasteiger partial charge in [-0.15, -0.1) is 6.58 Å². The zero-order valence-corrected chi connectivity index (χ0v) is 12.0. The zero-order chi connectivity index (χ0) is 15.1. The molecule has 1 aromatic carbocycles. The van der Waals surface area contributed by atoms with E-state index in [9.17, 15) is 0 Å². The van der Waals surface area contributed by atoms with E-state index in [1.165, 1.54) is 0 Å². The second kappa shape index (κ2) is 7.23. The summed E-state index contributed by atoms with van der Waals surface area (Å²) in [7, 11) is 0. The fraction of sp³-hybridized carbons (Fsp3) is 0.267. The maximum absolute atomic E-state index is 5.71. The van der Waals surface area contributed by atoms with Gasteiger partial charge in [0.25, 0.3) is 0 Å². The van der Waals surface area contributed by atoms with E-state index in [1.54, 1.807) is 6.08 Å². The van der Waals surface area contributed by atoms with Gasteiger partial charge in [-0.1, -0.05) is 48.5 Å². The van der Waals surface area contributed by atoms with Crippen molar-refractivity contribution in [3.05, 3.63) is 48.9 Å². The predicted octanol–water partition coefficient (Wildman–Crippen LogP) is 1.93. The Kier molecular flexibility index (Phi) is 5.09. The van der Waals surface area contributed by atoms with Crippen molar-refractivity contribution < 1.29 is 4.52 Å². The normalized spacial score (nSPS) is 12.9. The molecule has 6 nitrogen and oxygen atoms in total. The lowest BCUT2D eigenvalue weighted by atomic mass is 10.2. The molecule has 1 heterocycles. The summed E-state index contributed by atoms with van der Waals surface area (Å²) < 4.78 is 5.29. The van der Waals surface area contributed by atoms with Gasteiger partial charge in [-0.2, -0.15) is 4.98 Å². The third kappa shape index (κ3) is 4.17. The number of nitrogens with zero attached hydrogens (tertiary/aromatic N) is 3. The molecule has 21 heavy (non-hydrogen) atoms. The maximum atomic E-state index is 5.71. The Balaban J connectivity index is 1.99. The summed E-state index contributed by atoms with van der Waals surface area (Å²) in [6.45, 7) is 6.63. The van der Waals surface area contributed by atoms with Crippen molar-refractivity contribution in [1.29, 1.82) is 0 Å². The highest BCUT2D eigenvalue weighted by atomic mass is 16.5. The van der Waals surface area contributed by atoms with Crippen LogP contribution in [0.2, 0.25) is 0 Å². The summed E-state index contributed by atoms with van der Waals surface area (Å²) in [4.78, 5) is 8.62. The highest BCUT2D eigenvalue weighted by Crippen LogP contribution is 2.19. The Morgan fingerprint density at radius 1 is 1.48 bits per heavy atom. The van der Waals surface area contributed by atoms with Crippen LogP contribution in [0.5, 0.6) is 0 Å². The molecule has 110 valence electrons. The fourth-order valence-corrected chi connectivity index (χ4v) is 1.69. The minimum atomic E-state index is -0.000886. The van der Waals surface area contributed by atoms with Crippen LogP contribution in [0.1, 0.15) is 18.7 Å². The van der Waals surface area contributed by atoms with Gasteiger partial charge in [-0.3, -0.25) is 4.99 Å². The van der Waals surface area contributed by atoms with Crippen molar-refractivity contribution in [1.82, 2.24) is 15.5 Å². The molecular weight excluding hydrogens is 266 g/mol. The van der Waals surface area contributed by atoms with E-state index in [2.05, 4.69) is 27.0 Å². The average molecular weight is 285 g/mol. The summed E-state index contributed by atoms with van der Waals surface area (Å²) in [5, 5.41) is 6.90. The number of aliphatic imine (C=N–C) groups is 1. The van der Waals surface area contributed by atoms with E-state index in [1.807, 2.05) is 37.3 Å². The van der Waals surface area contributed by atoms with E-state index in [0.717, 1.165) is 5.56 Å². The molecule has 0 fully saturated rings. The lowest BCUT2D eigenvalue weighted by molar-refractivity contribution is 0.361. The topological polar surface area (TPSA) is 89.3 Å². The van der Waals surface area contributed by atoms with Crippen LogP contribution in [0.15, 0.2) is 52.5 Å². The summed E-state index contributed by atoms with van der Waals surface area (Å²) in [5.74, 6) is 1.51. The van der Waals surface area contributed by atoms with Crippen molar-refractivity contribution >= 4 is 5.96 Å². The Hall–Kier alpha value is -2.63. The van der Waals surface area contributed by atoms with Gasteiger partial charge >= 0.3 is 0 Å². The largest absolute Gasteiger partial charge is 0.370 e. The summed E-state index contributed by atoms with van der Waals surface area (Å²) in [5.41, 5.74) is 6.63. The number of benzene rings is 1. The van der Waals surface area contributed by atoms with Gasteiger partial charge in [0.15, 0.2) is 5.96 Å². The van der Waals surface area contributed by atoms with E-state index in [4.69, 9.17) is 10.3 Å². The Bertz CT molecular complexity index is 606. The highest BCUT2D eigenvalue weighted by molar-refractivity contribution is 5.77. The van der Waals surface area contributed by atoms with Crippen LogP contribution in [0.25, 0.3) is 11.4 Å². The number of hydrogen-bond acceptors (Lipinski definition) is 4. The quantitative estimate of drug-likeness (QED) is 0.481. The van der Waals surface area contributed by atoms with Crippen molar-refractivity contribution in [2.75, 3.05) is 13.1 Å². The van der Waals surface area contributed by atoms with Crippen molar-refractivity contribution in [3.63, 3.8) is 0 Å². The van der Waals surface area contributed by atoms with Gasteiger partial charge in [0.2, 0.25) is 11.7 Å². The molecule has 0 spiro atoms. The smallest absolute Gasteiger partial charge is 0.231 e. The molecular formula is C15H19N5O. The molecule has 2 aromatic rings. The predicted molar refractivity (Wildman–Crippen MR) is 82.8 cm³/mol. The lowest BCUT2D eigenvalue weighted by Gasteiger charge is -2.04. The third-order valence-electron chi connectivity index (χ3n) is 2.86. The van der Waals surface area contributed by atoms with E-state index in [-0.39, 0.29) is 5.92 Å². The van der Waals surface area contributed by atoms with Crippen LogP contribution in [0.3, 0.4) is 0 Å². The Morgan fingerprint density at radius 3 is 2.95 bits per heavy atom. The van der Waals surface area contributed by atoms with E-state index >= 15 is 0 Å². The van der Waals surface area contributed by atoms with Gasteiger partial charge in [-0.05, 0) is 0 Å². The molecule has 0 amide bonds. The standard InChI is InChI=1S/C15H19N5O/c1-3-9-17-15(16)18-10-11(2)14-19-13(20-21-14)12-7-5-4-6-8-12/h3-8,11H,1,9-10H2,2H3,(H3,16,17,18). The minimum Gasteiger partial charge on any atom is -0.370 e. The molecule has 0 aliphatic rings. The summed E-state index contributed by atoms with van der Waals surface area (Å²) in [6, 6.07) is 9.69. The maximum Gasteiger partial charge on any atom is 0.231 e. The molecule has 1 unspecified atom stereocenters. The first-order chi connectivity index (χ1) is 10.2. The minimum absolute atomic E-state index is 0.000886. The molecule has 0 radical (unpaired) electrons. The number of hydrogen-bond donors (Lipinski definition) is 2. The molecule has 0 saturated heterocycles. The molecule has 2 rings (SSSR count). The second-order valence-electron chi connectivity index (χ2n) is 4.62. The zero-order valence-electron chi connectivity index (χ0n) is 12.0. The van der Waals surface area contributed by atoms with E-state index < -0.39 is 0 Å². The monoisotopic (exact) mass is 285 g/mol. The van der Waals surface area contributed by atoms with Gasteiger partial charge in [-0.25, -0.2) is 0 Å². The summed E-state index contributed by atoms with van der Waals surface area (Å²) in [6.07, 6.45) is 1.72. The van der Waals surface area contributed by atoms with Gasteiger partial charge in [0.1, 0.15) is 0 Å². The number of aromatic nitrogens is 2. The van der Waals surface area contributed by atoms with Crippen LogP contribution in [-0.2, 0) is 0 Å². The summed E-state index contributed by atoms with van der Waals surface area (Å²) >= 11 is 0. The third-order valence-corrected chi connectivity index (χ3v) is 2.86. The first-order valence-electron chi connectivity index (χ1n) is 6.74. The lowest BCUT2D eigenvalue weighted by Crippen LogP contribution is -2.32. The molecule has 1 atom stereocenters. The molecule has 1 aromatic heterocycles. The van der Waals surface area contributed by atoms with Crippen LogP contribution in [0, 0.1) is 0 Å². The van der Waals surface area contributed by atoms with Gasteiger partial charge < -0.3 is 15.6 Å². The SMILES string of the molecule is C=CCNC(N)=NCC(C)c1nc(-c2ccccc2)no1. The van der Waals surface area contributed by atoms with Crippen molar-refractivity contribution in [2.24, 2.45) is 10.7 Å². The first kappa shape index (κ1) is 14.8. The number of nitrogens with two attached hydrogens (primary N) is 1.